The van der Waals surface area contributed by atoms with Crippen LogP contribution in [0.3, 0.4) is 0 Å². The maximum Gasteiger partial charge on any atom is 0.414 e. The highest BCUT2D eigenvalue weighted by Crippen LogP contribution is 2.39. The second kappa shape index (κ2) is 8.70. The summed E-state index contributed by atoms with van der Waals surface area (Å²) in [7, 11) is 0. The zero-order valence-corrected chi connectivity index (χ0v) is 18.2. The van der Waals surface area contributed by atoms with Gasteiger partial charge in [0.15, 0.2) is 5.82 Å². The van der Waals surface area contributed by atoms with Crippen molar-refractivity contribution in [2.75, 3.05) is 37.3 Å². The number of piperidine rings is 1. The summed E-state index contributed by atoms with van der Waals surface area (Å²) in [4.78, 5) is 20.8. The van der Waals surface area contributed by atoms with Gasteiger partial charge in [-0.2, -0.15) is 0 Å². The fraction of sp³-hybridized carbons (Fsp3) is 0.348. The molecule has 2 aliphatic rings. The largest absolute Gasteiger partial charge is 0.474 e. The second-order valence-corrected chi connectivity index (χ2v) is 8.21. The minimum Gasteiger partial charge on any atom is -0.474 e. The van der Waals surface area contributed by atoms with Crippen LogP contribution >= 0.6 is 0 Å². The van der Waals surface area contributed by atoms with Crippen LogP contribution in [0.5, 0.6) is 11.8 Å². The van der Waals surface area contributed by atoms with E-state index in [-0.39, 0.29) is 17.6 Å². The molecule has 4 heterocycles. The third kappa shape index (κ3) is 4.09. The lowest BCUT2D eigenvalue weighted by molar-refractivity contribution is 0.191. The van der Waals surface area contributed by atoms with E-state index < -0.39 is 11.9 Å². The molecule has 1 aromatic carbocycles. The number of aromatic nitrogens is 2. The lowest BCUT2D eigenvalue weighted by Gasteiger charge is -2.23. The van der Waals surface area contributed by atoms with Crippen LogP contribution in [0.25, 0.3) is 21.9 Å². The van der Waals surface area contributed by atoms with Gasteiger partial charge in [-0.1, -0.05) is 0 Å². The molecule has 0 bridgehead atoms. The van der Waals surface area contributed by atoms with E-state index in [1.54, 1.807) is 18.3 Å². The summed E-state index contributed by atoms with van der Waals surface area (Å²) in [6.45, 7) is 4.75. The van der Waals surface area contributed by atoms with Crippen LogP contribution in [0, 0.1) is 12.7 Å². The van der Waals surface area contributed by atoms with Crippen LogP contribution in [0.2, 0.25) is 0 Å². The molecule has 1 amide bonds. The number of pyridine rings is 2. The molecule has 1 saturated heterocycles. The highest BCUT2D eigenvalue weighted by Gasteiger charge is 2.22. The van der Waals surface area contributed by atoms with Crippen LogP contribution in [0.1, 0.15) is 18.4 Å². The molecule has 33 heavy (non-hydrogen) atoms. The lowest BCUT2D eigenvalue weighted by atomic mass is 9.97. The van der Waals surface area contributed by atoms with Crippen LogP contribution in [-0.2, 0) is 0 Å². The SMILES string of the molecule is Cc1c(-c2cc3cc(OC(=O)NC4CCNCC4)ncc3c(N)c2F)cnc2c1NCCO2. The Morgan fingerprint density at radius 1 is 1.21 bits per heavy atom. The average molecular weight is 452 g/mol. The first-order valence-corrected chi connectivity index (χ1v) is 10.9. The van der Waals surface area contributed by atoms with E-state index in [9.17, 15) is 4.79 Å². The van der Waals surface area contributed by atoms with Crippen molar-refractivity contribution in [3.8, 4) is 22.9 Å². The van der Waals surface area contributed by atoms with E-state index in [1.165, 1.54) is 6.20 Å². The van der Waals surface area contributed by atoms with Crippen molar-refractivity contribution < 1.29 is 18.7 Å². The Kier molecular flexibility index (Phi) is 5.59. The second-order valence-electron chi connectivity index (χ2n) is 8.21. The molecular weight excluding hydrogens is 427 g/mol. The van der Waals surface area contributed by atoms with Crippen LogP contribution < -0.4 is 31.2 Å². The number of hydrogen-bond acceptors (Lipinski definition) is 8. The third-order valence-electron chi connectivity index (χ3n) is 6.07. The van der Waals surface area contributed by atoms with E-state index in [0.29, 0.717) is 40.9 Å². The van der Waals surface area contributed by atoms with Gasteiger partial charge in [0.2, 0.25) is 11.8 Å². The number of benzene rings is 1. The minimum atomic E-state index is -0.565. The monoisotopic (exact) mass is 452 g/mol. The predicted octanol–water partition coefficient (Wildman–Crippen LogP) is 2.97. The van der Waals surface area contributed by atoms with E-state index in [2.05, 4.69) is 25.9 Å². The number of halogens is 1. The molecule has 0 spiro atoms. The van der Waals surface area contributed by atoms with E-state index in [4.69, 9.17) is 15.2 Å². The molecule has 5 N–H and O–H groups in total. The molecule has 2 aliphatic heterocycles. The molecule has 5 rings (SSSR count). The number of hydrogen-bond donors (Lipinski definition) is 4. The van der Waals surface area contributed by atoms with Gasteiger partial charge in [-0.25, -0.2) is 19.2 Å². The van der Waals surface area contributed by atoms with E-state index >= 15 is 4.39 Å². The number of amides is 1. The summed E-state index contributed by atoms with van der Waals surface area (Å²) in [5.41, 5.74) is 8.54. The Labute approximate surface area is 189 Å². The fourth-order valence-corrected chi connectivity index (χ4v) is 4.28. The maximum absolute atomic E-state index is 15.3. The van der Waals surface area contributed by atoms with E-state index in [1.807, 2.05) is 6.92 Å². The normalized spacial score (nSPS) is 15.9. The summed E-state index contributed by atoms with van der Waals surface area (Å²) in [6.07, 6.45) is 4.11. The number of carbonyl (C=O) groups is 1. The first-order valence-electron chi connectivity index (χ1n) is 10.9. The van der Waals surface area contributed by atoms with Crippen molar-refractivity contribution in [1.82, 2.24) is 20.6 Å². The van der Waals surface area contributed by atoms with Crippen LogP contribution in [0.15, 0.2) is 24.5 Å². The minimum absolute atomic E-state index is 0.0259. The number of carbonyl (C=O) groups excluding carboxylic acids is 1. The predicted molar refractivity (Wildman–Crippen MR) is 123 cm³/mol. The Morgan fingerprint density at radius 3 is 2.85 bits per heavy atom. The van der Waals surface area contributed by atoms with Crippen molar-refractivity contribution in [2.24, 2.45) is 0 Å². The van der Waals surface area contributed by atoms with Crippen LogP contribution in [0.4, 0.5) is 20.6 Å². The van der Waals surface area contributed by atoms with Gasteiger partial charge >= 0.3 is 6.09 Å². The lowest BCUT2D eigenvalue weighted by Crippen LogP contribution is -2.43. The zero-order chi connectivity index (χ0) is 22.9. The molecule has 0 aliphatic carbocycles. The first kappa shape index (κ1) is 21.2. The number of nitrogen functional groups attached to an aromatic ring is 1. The summed E-state index contributed by atoms with van der Waals surface area (Å²) >= 11 is 0. The molecule has 9 nitrogen and oxygen atoms in total. The Bertz CT molecular complexity index is 1230. The first-order chi connectivity index (χ1) is 16.0. The Hall–Kier alpha value is -3.66. The smallest absolute Gasteiger partial charge is 0.414 e. The molecule has 172 valence electrons. The Balaban J connectivity index is 1.47. The summed E-state index contributed by atoms with van der Waals surface area (Å²) in [5.74, 6) is 0.0563. The molecular formula is C23H25FN6O3. The van der Waals surface area contributed by atoms with Gasteiger partial charge in [-0.3, -0.25) is 0 Å². The fourth-order valence-electron chi connectivity index (χ4n) is 4.28. The number of ether oxygens (including phenoxy) is 2. The quantitative estimate of drug-likeness (QED) is 0.447. The number of anilines is 2. The van der Waals surface area contributed by atoms with Gasteiger partial charge < -0.3 is 31.2 Å². The summed E-state index contributed by atoms with van der Waals surface area (Å²) < 4.78 is 26.2. The topological polar surface area (TPSA) is 123 Å². The van der Waals surface area contributed by atoms with Gasteiger partial charge in [0.25, 0.3) is 0 Å². The highest BCUT2D eigenvalue weighted by molar-refractivity contribution is 5.98. The molecule has 0 radical (unpaired) electrons. The van der Waals surface area contributed by atoms with Crippen molar-refractivity contribution in [3.05, 3.63) is 35.9 Å². The number of rotatable bonds is 3. The number of nitrogens with two attached hydrogens (primary N) is 1. The van der Waals surface area contributed by atoms with E-state index in [0.717, 1.165) is 37.2 Å². The van der Waals surface area contributed by atoms with Crippen molar-refractivity contribution >= 4 is 28.2 Å². The molecule has 10 heteroatoms. The molecule has 1 fully saturated rings. The average Bonchev–Trinajstić information content (AvgIpc) is 2.82. The number of nitrogens with one attached hydrogen (secondary N) is 3. The number of nitrogens with zero attached hydrogens (tertiary/aromatic N) is 2. The highest BCUT2D eigenvalue weighted by atomic mass is 19.1. The van der Waals surface area contributed by atoms with Crippen molar-refractivity contribution in [2.45, 2.75) is 25.8 Å². The molecule has 0 unspecified atom stereocenters. The summed E-state index contributed by atoms with van der Waals surface area (Å²) in [5, 5.41) is 10.4. The zero-order valence-electron chi connectivity index (χ0n) is 18.2. The van der Waals surface area contributed by atoms with Gasteiger partial charge in [0, 0.05) is 47.6 Å². The molecule has 0 atom stereocenters. The maximum atomic E-state index is 15.3. The van der Waals surface area contributed by atoms with Crippen molar-refractivity contribution in [3.63, 3.8) is 0 Å². The Morgan fingerprint density at radius 2 is 2.03 bits per heavy atom. The van der Waals surface area contributed by atoms with Crippen molar-refractivity contribution in [1.29, 1.82) is 0 Å². The third-order valence-corrected chi connectivity index (χ3v) is 6.07. The molecule has 0 saturated carbocycles. The molecule has 2 aromatic heterocycles. The standard InChI is InChI=1S/C23H25FN6O3/c1-12-16(10-29-22-21(12)27-6-7-32-22)15-8-13-9-18(28-11-17(13)20(25)19(15)24)33-23(31)30-14-2-4-26-5-3-14/h8-11,14,26-27H,2-7,25H2,1H3,(H,30,31). The van der Waals surface area contributed by atoms with Gasteiger partial charge in [-0.15, -0.1) is 0 Å². The number of fused-ring (bicyclic) bond motifs is 2. The van der Waals surface area contributed by atoms with Gasteiger partial charge in [0.05, 0.1) is 5.69 Å². The summed E-state index contributed by atoms with van der Waals surface area (Å²) in [6, 6.07) is 3.31. The van der Waals surface area contributed by atoms with Gasteiger partial charge in [0.1, 0.15) is 12.3 Å². The van der Waals surface area contributed by atoms with Crippen LogP contribution in [-0.4, -0.2) is 48.3 Å². The molecule has 3 aromatic rings. The van der Waals surface area contributed by atoms with Gasteiger partial charge in [-0.05, 0) is 49.9 Å².